The Morgan fingerprint density at radius 1 is 1.30 bits per heavy atom. The van der Waals surface area contributed by atoms with E-state index in [0.717, 1.165) is 11.3 Å². The van der Waals surface area contributed by atoms with Crippen molar-refractivity contribution >= 4 is 27.5 Å². The molecule has 2 rings (SSSR count). The lowest BCUT2D eigenvalue weighted by Gasteiger charge is -2.11. The first kappa shape index (κ1) is 15.3. The lowest BCUT2D eigenvalue weighted by Crippen LogP contribution is -1.98. The molecule has 0 saturated carbocycles. The molecule has 0 N–H and O–H groups in total. The number of hydrogen-bond donors (Lipinski definition) is 0. The van der Waals surface area contributed by atoms with Gasteiger partial charge in [-0.25, -0.2) is 9.37 Å². The zero-order valence-electron chi connectivity index (χ0n) is 11.2. The van der Waals surface area contributed by atoms with E-state index in [4.69, 9.17) is 16.3 Å². The average molecular weight is 359 g/mol. The predicted molar refractivity (Wildman–Crippen MR) is 82.1 cm³/mol. The van der Waals surface area contributed by atoms with Gasteiger partial charge in [-0.1, -0.05) is 13.8 Å². The Labute approximate surface area is 131 Å². The number of hydrogen-bond acceptors (Lipinski definition) is 2. The molecule has 0 amide bonds. The Bertz CT molecular complexity index is 619. The minimum absolute atomic E-state index is 0.266. The monoisotopic (exact) mass is 357 g/mol. The van der Waals surface area contributed by atoms with E-state index in [1.54, 1.807) is 18.2 Å². The van der Waals surface area contributed by atoms with Crippen LogP contribution in [0.15, 0.2) is 34.8 Å². The molecule has 2 aromatic rings. The number of alkyl halides is 1. The molecule has 0 saturated heterocycles. The van der Waals surface area contributed by atoms with E-state index >= 15 is 0 Å². The van der Waals surface area contributed by atoms with Crippen LogP contribution in [0.5, 0.6) is 11.6 Å². The fourth-order valence-corrected chi connectivity index (χ4v) is 2.07. The summed E-state index contributed by atoms with van der Waals surface area (Å²) in [6.45, 7) is 4.09. The van der Waals surface area contributed by atoms with Crippen molar-refractivity contribution in [1.82, 2.24) is 4.98 Å². The second-order valence-corrected chi connectivity index (χ2v) is 5.83. The highest BCUT2D eigenvalue weighted by molar-refractivity contribution is 9.10. The first-order valence-corrected chi connectivity index (χ1v) is 7.52. The molecular weight excluding hydrogens is 345 g/mol. The van der Waals surface area contributed by atoms with Crippen LogP contribution in [0, 0.1) is 5.82 Å². The van der Waals surface area contributed by atoms with Crippen molar-refractivity contribution in [3.8, 4) is 11.6 Å². The molecule has 1 aromatic carbocycles. The van der Waals surface area contributed by atoms with Crippen LogP contribution in [0.3, 0.4) is 0 Å². The Balaban J connectivity index is 2.32. The Hall–Kier alpha value is -1.13. The lowest BCUT2D eigenvalue weighted by molar-refractivity contribution is 0.454. The number of ether oxygens (including phenoxy) is 1. The molecule has 106 valence electrons. The van der Waals surface area contributed by atoms with Gasteiger partial charge in [0.25, 0.3) is 0 Å². The van der Waals surface area contributed by atoms with Crippen LogP contribution in [0.1, 0.15) is 31.0 Å². The predicted octanol–water partition coefficient (Wildman–Crippen LogP) is 5.64. The molecule has 20 heavy (non-hydrogen) atoms. The average Bonchev–Trinajstić information content (AvgIpc) is 2.42. The molecule has 0 aliphatic rings. The fourth-order valence-electron chi connectivity index (χ4n) is 1.67. The molecule has 1 heterocycles. The molecule has 0 bridgehead atoms. The molecule has 5 heteroatoms. The number of benzene rings is 1. The van der Waals surface area contributed by atoms with Gasteiger partial charge in [0, 0.05) is 23.7 Å². The van der Waals surface area contributed by atoms with E-state index in [-0.39, 0.29) is 11.7 Å². The quantitative estimate of drug-likeness (QED) is 0.660. The SMILES string of the molecule is CC(C)c1cc(CCl)cc(Oc2ccc(Br)c(F)c2)n1. The highest BCUT2D eigenvalue weighted by Crippen LogP contribution is 2.27. The number of aromatic nitrogens is 1. The van der Waals surface area contributed by atoms with Gasteiger partial charge in [-0.2, -0.15) is 0 Å². The number of halogens is 3. The molecule has 0 atom stereocenters. The van der Waals surface area contributed by atoms with Gasteiger partial charge in [0.15, 0.2) is 0 Å². The van der Waals surface area contributed by atoms with Crippen molar-refractivity contribution in [2.24, 2.45) is 0 Å². The van der Waals surface area contributed by atoms with Crippen LogP contribution in [0.2, 0.25) is 0 Å². The Kier molecular flexibility index (Phi) is 5.00. The Morgan fingerprint density at radius 2 is 2.05 bits per heavy atom. The number of rotatable bonds is 4. The molecule has 0 aliphatic heterocycles. The summed E-state index contributed by atoms with van der Waals surface area (Å²) in [4.78, 5) is 4.41. The van der Waals surface area contributed by atoms with Crippen LogP contribution in [0.4, 0.5) is 4.39 Å². The standard InChI is InChI=1S/C15H14BrClFNO/c1-9(2)14-5-10(8-17)6-15(19-14)20-11-3-4-12(16)13(18)7-11/h3-7,9H,8H2,1-2H3. The molecule has 0 fully saturated rings. The maximum atomic E-state index is 13.5. The van der Waals surface area contributed by atoms with Crippen molar-refractivity contribution in [2.45, 2.75) is 25.6 Å². The zero-order chi connectivity index (χ0) is 14.7. The van der Waals surface area contributed by atoms with Crippen LogP contribution in [-0.4, -0.2) is 4.98 Å². The molecule has 0 unspecified atom stereocenters. The first-order chi connectivity index (χ1) is 9.49. The van der Waals surface area contributed by atoms with Crippen LogP contribution >= 0.6 is 27.5 Å². The molecule has 1 aromatic heterocycles. The highest BCUT2D eigenvalue weighted by Gasteiger charge is 2.09. The van der Waals surface area contributed by atoms with Gasteiger partial charge in [0.05, 0.1) is 4.47 Å². The molecule has 0 radical (unpaired) electrons. The third-order valence-corrected chi connectivity index (χ3v) is 3.69. The lowest BCUT2D eigenvalue weighted by atomic mass is 10.1. The van der Waals surface area contributed by atoms with Gasteiger partial charge >= 0.3 is 0 Å². The van der Waals surface area contributed by atoms with E-state index in [1.165, 1.54) is 6.07 Å². The van der Waals surface area contributed by atoms with Crippen LogP contribution in [-0.2, 0) is 5.88 Å². The molecule has 0 aliphatic carbocycles. The summed E-state index contributed by atoms with van der Waals surface area (Å²) in [5.74, 6) is 1.10. The van der Waals surface area contributed by atoms with E-state index < -0.39 is 0 Å². The minimum Gasteiger partial charge on any atom is -0.439 e. The topological polar surface area (TPSA) is 22.1 Å². The third kappa shape index (κ3) is 3.70. The Morgan fingerprint density at radius 3 is 2.65 bits per heavy atom. The molecule has 0 spiro atoms. The van der Waals surface area contributed by atoms with Crippen molar-refractivity contribution in [1.29, 1.82) is 0 Å². The summed E-state index contributed by atoms with van der Waals surface area (Å²) >= 11 is 8.98. The van der Waals surface area contributed by atoms with Gasteiger partial charge in [-0.05, 0) is 45.6 Å². The maximum absolute atomic E-state index is 13.5. The second kappa shape index (κ2) is 6.55. The highest BCUT2D eigenvalue weighted by atomic mass is 79.9. The fraction of sp³-hybridized carbons (Fsp3) is 0.267. The van der Waals surface area contributed by atoms with E-state index in [1.807, 2.05) is 19.9 Å². The summed E-state index contributed by atoms with van der Waals surface area (Å²) in [6, 6.07) is 8.30. The summed E-state index contributed by atoms with van der Waals surface area (Å²) in [5.41, 5.74) is 1.83. The van der Waals surface area contributed by atoms with Crippen molar-refractivity contribution < 1.29 is 9.13 Å². The summed E-state index contributed by atoms with van der Waals surface area (Å²) < 4.78 is 19.5. The van der Waals surface area contributed by atoms with E-state index in [2.05, 4.69) is 20.9 Å². The number of nitrogens with zero attached hydrogens (tertiary/aromatic N) is 1. The number of pyridine rings is 1. The smallest absolute Gasteiger partial charge is 0.219 e. The molecule has 2 nitrogen and oxygen atoms in total. The van der Waals surface area contributed by atoms with Crippen molar-refractivity contribution in [2.75, 3.05) is 0 Å². The zero-order valence-corrected chi connectivity index (χ0v) is 13.5. The van der Waals surface area contributed by atoms with Gasteiger partial charge in [-0.3, -0.25) is 0 Å². The van der Waals surface area contributed by atoms with Crippen LogP contribution < -0.4 is 4.74 Å². The summed E-state index contributed by atoms with van der Waals surface area (Å²) in [7, 11) is 0. The van der Waals surface area contributed by atoms with E-state index in [0.29, 0.717) is 22.0 Å². The van der Waals surface area contributed by atoms with Gasteiger partial charge in [0.2, 0.25) is 5.88 Å². The van der Waals surface area contributed by atoms with Crippen LogP contribution in [0.25, 0.3) is 0 Å². The van der Waals surface area contributed by atoms with Gasteiger partial charge < -0.3 is 4.74 Å². The summed E-state index contributed by atoms with van der Waals surface area (Å²) in [5, 5.41) is 0. The van der Waals surface area contributed by atoms with Gasteiger partial charge in [0.1, 0.15) is 11.6 Å². The van der Waals surface area contributed by atoms with Crippen molar-refractivity contribution in [3.05, 3.63) is 51.9 Å². The first-order valence-electron chi connectivity index (χ1n) is 6.19. The largest absolute Gasteiger partial charge is 0.439 e. The van der Waals surface area contributed by atoms with E-state index in [9.17, 15) is 4.39 Å². The third-order valence-electron chi connectivity index (χ3n) is 2.74. The normalized spacial score (nSPS) is 10.9. The summed E-state index contributed by atoms with van der Waals surface area (Å²) in [6.07, 6.45) is 0. The molecular formula is C15H14BrClFNO. The van der Waals surface area contributed by atoms with Gasteiger partial charge in [-0.15, -0.1) is 11.6 Å². The second-order valence-electron chi connectivity index (χ2n) is 4.70. The minimum atomic E-state index is -0.375. The van der Waals surface area contributed by atoms with Crippen molar-refractivity contribution in [3.63, 3.8) is 0 Å². The maximum Gasteiger partial charge on any atom is 0.219 e.